The second-order valence-corrected chi connectivity index (χ2v) is 5.65. The Morgan fingerprint density at radius 2 is 1.63 bits per heavy atom. The van der Waals surface area contributed by atoms with Gasteiger partial charge in [-0.25, -0.2) is 0 Å². The molecule has 1 nitrogen and oxygen atoms in total. The van der Waals surface area contributed by atoms with Crippen LogP contribution in [0.25, 0.3) is 0 Å². The smallest absolute Gasteiger partial charge is 0.0830 e. The summed E-state index contributed by atoms with van der Waals surface area (Å²) in [5, 5.41) is 10.3. The van der Waals surface area contributed by atoms with Crippen molar-refractivity contribution in [2.24, 2.45) is 0 Å². The predicted molar refractivity (Wildman–Crippen MR) is 78.3 cm³/mol. The summed E-state index contributed by atoms with van der Waals surface area (Å²) in [7, 11) is 0. The van der Waals surface area contributed by atoms with E-state index in [4.69, 9.17) is 0 Å². The van der Waals surface area contributed by atoms with Gasteiger partial charge in [0.2, 0.25) is 0 Å². The minimum atomic E-state index is -0.407. The third-order valence-electron chi connectivity index (χ3n) is 3.92. The second kappa shape index (κ2) is 5.18. The maximum atomic E-state index is 10.3. The first-order valence-electron chi connectivity index (χ1n) is 7.06. The van der Waals surface area contributed by atoms with Gasteiger partial charge in [0.15, 0.2) is 0 Å². The SMILES string of the molecule is Cc1ccc(CC(O)c2ccc(C3CC3)cc2)cc1. The van der Waals surface area contributed by atoms with Crippen molar-refractivity contribution in [1.82, 2.24) is 0 Å². The molecule has 1 heteroatoms. The van der Waals surface area contributed by atoms with Gasteiger partial charge in [-0.15, -0.1) is 0 Å². The maximum absolute atomic E-state index is 10.3. The topological polar surface area (TPSA) is 20.2 Å². The maximum Gasteiger partial charge on any atom is 0.0830 e. The molecule has 0 spiro atoms. The van der Waals surface area contributed by atoms with Crippen molar-refractivity contribution in [2.45, 2.75) is 38.2 Å². The largest absolute Gasteiger partial charge is 0.388 e. The zero-order chi connectivity index (χ0) is 13.2. The zero-order valence-corrected chi connectivity index (χ0v) is 11.3. The Morgan fingerprint density at radius 3 is 2.21 bits per heavy atom. The summed E-state index contributed by atoms with van der Waals surface area (Å²) < 4.78 is 0. The molecule has 1 atom stereocenters. The molecule has 0 aromatic heterocycles. The average molecular weight is 252 g/mol. The minimum absolute atomic E-state index is 0.407. The first-order valence-corrected chi connectivity index (χ1v) is 7.06. The molecule has 2 aromatic rings. The van der Waals surface area contributed by atoms with Crippen molar-refractivity contribution in [2.75, 3.05) is 0 Å². The molecule has 3 rings (SSSR count). The first kappa shape index (κ1) is 12.4. The Labute approximate surface area is 114 Å². The fourth-order valence-corrected chi connectivity index (χ4v) is 2.47. The van der Waals surface area contributed by atoms with E-state index in [-0.39, 0.29) is 0 Å². The van der Waals surface area contributed by atoms with Crippen LogP contribution in [0.1, 0.15) is 47.1 Å². The van der Waals surface area contributed by atoms with Gasteiger partial charge in [-0.1, -0.05) is 54.1 Å². The molecule has 0 amide bonds. The summed E-state index contributed by atoms with van der Waals surface area (Å²) in [6, 6.07) is 16.9. The van der Waals surface area contributed by atoms with E-state index in [2.05, 4.69) is 55.5 Å². The van der Waals surface area contributed by atoms with Crippen molar-refractivity contribution in [3.63, 3.8) is 0 Å². The van der Waals surface area contributed by atoms with E-state index in [0.29, 0.717) is 6.42 Å². The van der Waals surface area contributed by atoms with E-state index >= 15 is 0 Å². The Balaban J connectivity index is 1.68. The molecule has 1 aliphatic carbocycles. The molecular weight excluding hydrogens is 232 g/mol. The van der Waals surface area contributed by atoms with Crippen molar-refractivity contribution in [1.29, 1.82) is 0 Å². The van der Waals surface area contributed by atoms with E-state index in [1.54, 1.807) is 0 Å². The molecule has 1 N–H and O–H groups in total. The van der Waals surface area contributed by atoms with Crippen LogP contribution < -0.4 is 0 Å². The van der Waals surface area contributed by atoms with Crippen LogP contribution in [-0.4, -0.2) is 5.11 Å². The molecule has 1 unspecified atom stereocenters. The van der Waals surface area contributed by atoms with Gasteiger partial charge in [0.05, 0.1) is 6.10 Å². The molecular formula is C18H20O. The van der Waals surface area contributed by atoms with Gasteiger partial charge in [0.1, 0.15) is 0 Å². The Hall–Kier alpha value is -1.60. The van der Waals surface area contributed by atoms with Gasteiger partial charge >= 0.3 is 0 Å². The molecule has 19 heavy (non-hydrogen) atoms. The molecule has 2 aromatic carbocycles. The summed E-state index contributed by atoms with van der Waals surface area (Å²) in [6.07, 6.45) is 2.93. The van der Waals surface area contributed by atoms with E-state index < -0.39 is 6.10 Å². The Kier molecular flexibility index (Phi) is 3.39. The standard InChI is InChI=1S/C18H20O/c1-13-2-4-14(5-3-13)12-18(19)17-10-8-16(9-11-17)15-6-7-15/h2-5,8-11,15,18-19H,6-7,12H2,1H3. The lowest BCUT2D eigenvalue weighted by Gasteiger charge is -2.12. The van der Waals surface area contributed by atoms with Crippen LogP contribution in [0.15, 0.2) is 48.5 Å². The van der Waals surface area contributed by atoms with Crippen LogP contribution in [0.2, 0.25) is 0 Å². The van der Waals surface area contributed by atoms with Gasteiger partial charge < -0.3 is 5.11 Å². The fraction of sp³-hybridized carbons (Fsp3) is 0.333. The number of rotatable bonds is 4. The van der Waals surface area contributed by atoms with Gasteiger partial charge in [0.25, 0.3) is 0 Å². The van der Waals surface area contributed by atoms with E-state index in [0.717, 1.165) is 11.5 Å². The lowest BCUT2D eigenvalue weighted by atomic mass is 9.99. The number of benzene rings is 2. The Morgan fingerprint density at radius 1 is 1.00 bits per heavy atom. The molecule has 0 saturated heterocycles. The normalized spacial score (nSPS) is 16.3. The highest BCUT2D eigenvalue weighted by Crippen LogP contribution is 2.40. The molecule has 1 saturated carbocycles. The summed E-state index contributed by atoms with van der Waals surface area (Å²) in [5.74, 6) is 0.781. The minimum Gasteiger partial charge on any atom is -0.388 e. The van der Waals surface area contributed by atoms with E-state index in [9.17, 15) is 5.11 Å². The zero-order valence-electron chi connectivity index (χ0n) is 11.3. The van der Waals surface area contributed by atoms with Crippen LogP contribution >= 0.6 is 0 Å². The average Bonchev–Trinajstić information content (AvgIpc) is 3.26. The summed E-state index contributed by atoms with van der Waals surface area (Å²) >= 11 is 0. The highest BCUT2D eigenvalue weighted by molar-refractivity contribution is 5.30. The van der Waals surface area contributed by atoms with Gasteiger partial charge in [-0.2, -0.15) is 0 Å². The highest BCUT2D eigenvalue weighted by Gasteiger charge is 2.23. The number of aliphatic hydroxyl groups is 1. The molecule has 0 bridgehead atoms. The molecule has 1 aliphatic rings. The van der Waals surface area contributed by atoms with Crippen molar-refractivity contribution in [3.05, 3.63) is 70.8 Å². The molecule has 0 radical (unpaired) electrons. The van der Waals surface area contributed by atoms with Crippen LogP contribution in [0.3, 0.4) is 0 Å². The van der Waals surface area contributed by atoms with Crippen LogP contribution in [0.4, 0.5) is 0 Å². The number of hydrogen-bond acceptors (Lipinski definition) is 1. The van der Waals surface area contributed by atoms with Crippen LogP contribution in [0.5, 0.6) is 0 Å². The number of aryl methyl sites for hydroxylation is 1. The quantitative estimate of drug-likeness (QED) is 0.866. The van der Waals surface area contributed by atoms with Gasteiger partial charge in [-0.05, 0) is 42.4 Å². The van der Waals surface area contributed by atoms with Crippen molar-refractivity contribution in [3.8, 4) is 0 Å². The lowest BCUT2D eigenvalue weighted by molar-refractivity contribution is 0.178. The summed E-state index contributed by atoms with van der Waals surface area (Å²) in [5.41, 5.74) is 4.88. The molecule has 0 aliphatic heterocycles. The highest BCUT2D eigenvalue weighted by atomic mass is 16.3. The van der Waals surface area contributed by atoms with E-state index in [1.165, 1.54) is 29.5 Å². The number of hydrogen-bond donors (Lipinski definition) is 1. The van der Waals surface area contributed by atoms with E-state index in [1.807, 2.05) is 0 Å². The molecule has 98 valence electrons. The van der Waals surface area contributed by atoms with Crippen LogP contribution in [0, 0.1) is 6.92 Å². The molecule has 0 heterocycles. The summed E-state index contributed by atoms with van der Waals surface area (Å²) in [4.78, 5) is 0. The number of aliphatic hydroxyl groups excluding tert-OH is 1. The lowest BCUT2D eigenvalue weighted by Crippen LogP contribution is -2.01. The first-order chi connectivity index (χ1) is 9.22. The van der Waals surface area contributed by atoms with Crippen molar-refractivity contribution < 1.29 is 5.11 Å². The Bertz CT molecular complexity index is 535. The van der Waals surface area contributed by atoms with Crippen LogP contribution in [-0.2, 0) is 6.42 Å². The third-order valence-corrected chi connectivity index (χ3v) is 3.92. The summed E-state index contributed by atoms with van der Waals surface area (Å²) in [6.45, 7) is 2.08. The van der Waals surface area contributed by atoms with Gasteiger partial charge in [0, 0.05) is 6.42 Å². The van der Waals surface area contributed by atoms with Crippen molar-refractivity contribution >= 4 is 0 Å². The third kappa shape index (κ3) is 3.05. The second-order valence-electron chi connectivity index (χ2n) is 5.65. The monoisotopic (exact) mass is 252 g/mol. The predicted octanol–water partition coefficient (Wildman–Crippen LogP) is 4.15. The fourth-order valence-electron chi connectivity index (χ4n) is 2.47. The van der Waals surface area contributed by atoms with Gasteiger partial charge in [-0.3, -0.25) is 0 Å². The molecule has 1 fully saturated rings.